The molecule has 2 heterocycles. The summed E-state index contributed by atoms with van der Waals surface area (Å²) in [5, 5.41) is 26.5. The highest BCUT2D eigenvalue weighted by Crippen LogP contribution is 2.28. The molecule has 0 spiro atoms. The second-order valence-corrected chi connectivity index (χ2v) is 6.98. The van der Waals surface area contributed by atoms with Crippen LogP contribution in [-0.4, -0.2) is 30.0 Å². The Morgan fingerprint density at radius 1 is 1.11 bits per heavy atom. The summed E-state index contributed by atoms with van der Waals surface area (Å²) in [5.41, 5.74) is 3.16. The third kappa shape index (κ3) is 3.49. The van der Waals surface area contributed by atoms with Gasteiger partial charge in [0.05, 0.1) is 35.6 Å². The van der Waals surface area contributed by atoms with E-state index in [2.05, 4.69) is 55.1 Å². The summed E-state index contributed by atoms with van der Waals surface area (Å²) in [6, 6.07) is 17.1. The molecule has 0 bridgehead atoms. The van der Waals surface area contributed by atoms with E-state index in [4.69, 9.17) is 5.26 Å². The minimum Gasteiger partial charge on any atom is -0.226 e. The van der Waals surface area contributed by atoms with Crippen LogP contribution in [0, 0.1) is 11.3 Å². The van der Waals surface area contributed by atoms with Crippen molar-refractivity contribution in [2.24, 2.45) is 0 Å². The van der Waals surface area contributed by atoms with Gasteiger partial charge in [-0.2, -0.15) is 15.2 Å². The highest BCUT2D eigenvalue weighted by molar-refractivity contribution is 9.10. The van der Waals surface area contributed by atoms with Gasteiger partial charge in [0, 0.05) is 4.47 Å². The number of hydrogen-bond donors (Lipinski definition) is 1. The van der Waals surface area contributed by atoms with Gasteiger partial charge in [-0.05, 0) is 51.0 Å². The van der Waals surface area contributed by atoms with Crippen LogP contribution in [0.2, 0.25) is 0 Å². The lowest BCUT2D eigenvalue weighted by Gasteiger charge is -2.06. The Labute approximate surface area is 168 Å². The number of hydrogen-bond acceptors (Lipinski definition) is 6. The maximum absolute atomic E-state index is 8.87. The molecule has 0 radical (unpaired) electrons. The van der Waals surface area contributed by atoms with Crippen molar-refractivity contribution in [2.75, 3.05) is 0 Å². The Balaban J connectivity index is 1.60. The fourth-order valence-electron chi connectivity index (χ4n) is 2.57. The zero-order valence-electron chi connectivity index (χ0n) is 13.9. The third-order valence-electron chi connectivity index (χ3n) is 3.93. The molecule has 0 unspecified atom stereocenters. The number of aromatic nitrogens is 6. The van der Waals surface area contributed by atoms with Gasteiger partial charge in [0.15, 0.2) is 0 Å². The summed E-state index contributed by atoms with van der Waals surface area (Å²) in [7, 11) is 0. The maximum atomic E-state index is 8.87. The van der Waals surface area contributed by atoms with Crippen LogP contribution >= 0.6 is 28.6 Å². The second-order valence-electron chi connectivity index (χ2n) is 5.70. The van der Waals surface area contributed by atoms with E-state index in [0.29, 0.717) is 28.5 Å². The molecule has 0 saturated heterocycles. The standard InChI is InChI=1S/C18H12BrN7S/c19-15-3-1-2-4-16(15)26-18(27)14(10-21-26)17-22-24-25(23-17)11-13-7-5-12(9-20)6-8-13/h1-8,10,27H,11H2. The largest absolute Gasteiger partial charge is 0.226 e. The van der Waals surface area contributed by atoms with Crippen molar-refractivity contribution in [2.45, 2.75) is 11.6 Å². The summed E-state index contributed by atoms with van der Waals surface area (Å²) in [6.07, 6.45) is 1.67. The lowest BCUT2D eigenvalue weighted by molar-refractivity contribution is 0.573. The zero-order valence-corrected chi connectivity index (χ0v) is 16.3. The van der Waals surface area contributed by atoms with Crippen LogP contribution in [-0.2, 0) is 6.54 Å². The van der Waals surface area contributed by atoms with Gasteiger partial charge in [0.1, 0.15) is 5.03 Å². The molecule has 4 aromatic rings. The first-order valence-corrected chi connectivity index (χ1v) is 9.19. The summed E-state index contributed by atoms with van der Waals surface area (Å²) in [4.78, 5) is 1.50. The first-order valence-electron chi connectivity index (χ1n) is 7.95. The van der Waals surface area contributed by atoms with E-state index in [-0.39, 0.29) is 0 Å². The number of nitrogens with zero attached hydrogens (tertiary/aromatic N) is 7. The van der Waals surface area contributed by atoms with Crippen LogP contribution in [0.4, 0.5) is 0 Å². The van der Waals surface area contributed by atoms with Crippen molar-refractivity contribution in [3.8, 4) is 23.1 Å². The number of benzene rings is 2. The molecule has 0 amide bonds. The number of halogens is 1. The number of tetrazole rings is 1. The topological polar surface area (TPSA) is 85.2 Å². The SMILES string of the molecule is N#Cc1ccc(Cn2nnc(-c3cnn(-c4ccccc4Br)c3S)n2)cc1. The average Bonchev–Trinajstić information content (AvgIpc) is 3.29. The fourth-order valence-corrected chi connectivity index (χ4v) is 3.34. The molecule has 0 N–H and O–H groups in total. The zero-order chi connectivity index (χ0) is 18.8. The van der Waals surface area contributed by atoms with Gasteiger partial charge >= 0.3 is 0 Å². The van der Waals surface area contributed by atoms with Crippen molar-refractivity contribution in [3.05, 3.63) is 70.3 Å². The van der Waals surface area contributed by atoms with Crippen molar-refractivity contribution < 1.29 is 0 Å². The van der Waals surface area contributed by atoms with Crippen molar-refractivity contribution in [1.82, 2.24) is 30.0 Å². The van der Waals surface area contributed by atoms with Crippen LogP contribution < -0.4 is 0 Å². The molecule has 0 aliphatic rings. The van der Waals surface area contributed by atoms with E-state index >= 15 is 0 Å². The van der Waals surface area contributed by atoms with Crippen molar-refractivity contribution in [3.63, 3.8) is 0 Å². The number of para-hydroxylation sites is 1. The van der Waals surface area contributed by atoms with Crippen LogP contribution in [0.25, 0.3) is 17.1 Å². The maximum Gasteiger partial charge on any atom is 0.209 e. The van der Waals surface area contributed by atoms with Crippen LogP contribution in [0.3, 0.4) is 0 Å². The lowest BCUT2D eigenvalue weighted by Crippen LogP contribution is -2.04. The predicted molar refractivity (Wildman–Crippen MR) is 106 cm³/mol. The minimum absolute atomic E-state index is 0.451. The normalized spacial score (nSPS) is 10.7. The van der Waals surface area contributed by atoms with Crippen LogP contribution in [0.5, 0.6) is 0 Å². The summed E-state index contributed by atoms with van der Waals surface area (Å²) in [6.45, 7) is 0.457. The number of thiol groups is 1. The highest BCUT2D eigenvalue weighted by atomic mass is 79.9. The van der Waals surface area contributed by atoms with Crippen molar-refractivity contribution >= 4 is 28.6 Å². The molecule has 0 fully saturated rings. The molecule has 0 aliphatic carbocycles. The van der Waals surface area contributed by atoms with Crippen LogP contribution in [0.15, 0.2) is 64.2 Å². The molecule has 4 rings (SSSR count). The molecule has 0 saturated carbocycles. The molecular formula is C18H12BrN7S. The van der Waals surface area contributed by atoms with Gasteiger partial charge in [-0.25, -0.2) is 4.68 Å². The van der Waals surface area contributed by atoms with Gasteiger partial charge in [0.25, 0.3) is 0 Å². The summed E-state index contributed by atoms with van der Waals surface area (Å²) >= 11 is 8.12. The van der Waals surface area contributed by atoms with E-state index in [9.17, 15) is 0 Å². The minimum atomic E-state index is 0.451. The highest BCUT2D eigenvalue weighted by Gasteiger charge is 2.16. The summed E-state index contributed by atoms with van der Waals surface area (Å²) < 4.78 is 2.62. The molecule has 2 aromatic heterocycles. The van der Waals surface area contributed by atoms with Gasteiger partial charge < -0.3 is 0 Å². The molecule has 9 heteroatoms. The van der Waals surface area contributed by atoms with Gasteiger partial charge in [0.2, 0.25) is 5.82 Å². The first-order chi connectivity index (χ1) is 13.2. The van der Waals surface area contributed by atoms with E-state index < -0.39 is 0 Å². The first kappa shape index (κ1) is 17.5. The van der Waals surface area contributed by atoms with E-state index in [1.165, 1.54) is 4.80 Å². The fraction of sp³-hybridized carbons (Fsp3) is 0.0556. The molecular weight excluding hydrogens is 426 g/mol. The van der Waals surface area contributed by atoms with E-state index in [0.717, 1.165) is 15.7 Å². The Kier molecular flexibility index (Phi) is 4.75. The van der Waals surface area contributed by atoms with Gasteiger partial charge in [-0.15, -0.1) is 22.8 Å². The molecule has 0 atom stereocenters. The van der Waals surface area contributed by atoms with Gasteiger partial charge in [-0.3, -0.25) is 0 Å². The van der Waals surface area contributed by atoms with Gasteiger partial charge in [-0.1, -0.05) is 24.3 Å². The van der Waals surface area contributed by atoms with E-state index in [1.54, 1.807) is 23.0 Å². The van der Waals surface area contributed by atoms with E-state index in [1.807, 2.05) is 36.4 Å². The Hall–Kier alpha value is -2.96. The number of nitriles is 1. The third-order valence-corrected chi connectivity index (χ3v) is 5.03. The predicted octanol–water partition coefficient (Wildman–Crippen LogP) is 3.50. The molecule has 27 heavy (non-hydrogen) atoms. The summed E-state index contributed by atoms with van der Waals surface area (Å²) in [5.74, 6) is 0.451. The van der Waals surface area contributed by atoms with Crippen LogP contribution in [0.1, 0.15) is 11.1 Å². The Morgan fingerprint density at radius 3 is 2.63 bits per heavy atom. The Bertz CT molecular complexity index is 1140. The second kappa shape index (κ2) is 7.34. The number of rotatable bonds is 4. The lowest BCUT2D eigenvalue weighted by atomic mass is 10.1. The molecule has 132 valence electrons. The quantitative estimate of drug-likeness (QED) is 0.493. The van der Waals surface area contributed by atoms with Crippen molar-refractivity contribution in [1.29, 1.82) is 5.26 Å². The molecule has 0 aliphatic heterocycles. The monoisotopic (exact) mass is 437 g/mol. The molecule has 2 aromatic carbocycles. The smallest absolute Gasteiger partial charge is 0.209 e. The molecule has 7 nitrogen and oxygen atoms in total. The average molecular weight is 438 g/mol. The Morgan fingerprint density at radius 2 is 1.89 bits per heavy atom.